The smallest absolute Gasteiger partial charge is 0.0787 e. The van der Waals surface area contributed by atoms with Crippen molar-refractivity contribution in [3.8, 4) is 5.69 Å². The van der Waals surface area contributed by atoms with E-state index in [1.165, 1.54) is 5.56 Å². The lowest BCUT2D eigenvalue weighted by molar-refractivity contribution is 0.696. The summed E-state index contributed by atoms with van der Waals surface area (Å²) in [6, 6.07) is 8.30. The maximum atomic E-state index is 4.53. The summed E-state index contributed by atoms with van der Waals surface area (Å²) < 4.78 is 2.96. The van der Waals surface area contributed by atoms with E-state index in [9.17, 15) is 0 Å². The Morgan fingerprint density at radius 2 is 2.18 bits per heavy atom. The zero-order chi connectivity index (χ0) is 12.3. The Morgan fingerprint density at radius 1 is 1.35 bits per heavy atom. The first-order valence-corrected chi connectivity index (χ1v) is 6.52. The number of hydrogen-bond donors (Lipinski definition) is 1. The van der Waals surface area contributed by atoms with Crippen molar-refractivity contribution in [2.45, 2.75) is 20.4 Å². The molecule has 2 rings (SSSR count). The summed E-state index contributed by atoms with van der Waals surface area (Å²) >= 11 is 3.57. The fourth-order valence-corrected chi connectivity index (χ4v) is 2.32. The van der Waals surface area contributed by atoms with Crippen LogP contribution in [0.3, 0.4) is 0 Å². The fraction of sp³-hybridized carbons (Fsp3) is 0.308. The Kier molecular flexibility index (Phi) is 3.97. The SMILES string of the molecule is CCNCc1ccn(-c2ccc(C)cc2Br)n1. The third-order valence-corrected chi connectivity index (χ3v) is 3.19. The van der Waals surface area contributed by atoms with Crippen LogP contribution in [0.15, 0.2) is 34.9 Å². The number of rotatable bonds is 4. The highest BCUT2D eigenvalue weighted by molar-refractivity contribution is 9.10. The molecule has 0 saturated carbocycles. The summed E-state index contributed by atoms with van der Waals surface area (Å²) in [5.74, 6) is 0. The lowest BCUT2D eigenvalue weighted by Crippen LogP contribution is -2.12. The molecule has 3 nitrogen and oxygen atoms in total. The van der Waals surface area contributed by atoms with E-state index in [-0.39, 0.29) is 0 Å². The van der Waals surface area contributed by atoms with Gasteiger partial charge in [0.1, 0.15) is 0 Å². The van der Waals surface area contributed by atoms with Crippen LogP contribution in [0.1, 0.15) is 18.2 Å². The van der Waals surface area contributed by atoms with Crippen molar-refractivity contribution in [2.75, 3.05) is 6.54 Å². The summed E-state index contributed by atoms with van der Waals surface area (Å²) in [4.78, 5) is 0. The van der Waals surface area contributed by atoms with Crippen molar-refractivity contribution >= 4 is 15.9 Å². The predicted molar refractivity (Wildman–Crippen MR) is 73.4 cm³/mol. The van der Waals surface area contributed by atoms with E-state index in [2.05, 4.69) is 58.4 Å². The van der Waals surface area contributed by atoms with E-state index in [4.69, 9.17) is 0 Å². The van der Waals surface area contributed by atoms with Gasteiger partial charge in [-0.3, -0.25) is 0 Å². The quantitative estimate of drug-likeness (QED) is 0.939. The molecule has 0 radical (unpaired) electrons. The topological polar surface area (TPSA) is 29.9 Å². The summed E-state index contributed by atoms with van der Waals surface area (Å²) in [7, 11) is 0. The molecule has 0 bridgehead atoms. The van der Waals surface area contributed by atoms with Gasteiger partial charge in [-0.25, -0.2) is 4.68 Å². The van der Waals surface area contributed by atoms with Gasteiger partial charge in [-0.05, 0) is 53.2 Å². The Labute approximate surface area is 110 Å². The van der Waals surface area contributed by atoms with Gasteiger partial charge in [0.15, 0.2) is 0 Å². The first-order chi connectivity index (χ1) is 8.20. The third-order valence-electron chi connectivity index (χ3n) is 2.55. The van der Waals surface area contributed by atoms with Crippen LogP contribution >= 0.6 is 15.9 Å². The highest BCUT2D eigenvalue weighted by Gasteiger charge is 2.04. The number of halogens is 1. The average Bonchev–Trinajstić information content (AvgIpc) is 2.75. The molecule has 0 aliphatic rings. The van der Waals surface area contributed by atoms with Crippen LogP contribution in [0.25, 0.3) is 5.69 Å². The van der Waals surface area contributed by atoms with Crippen molar-refractivity contribution in [3.05, 3.63) is 46.2 Å². The van der Waals surface area contributed by atoms with Crippen LogP contribution in [0.2, 0.25) is 0 Å². The highest BCUT2D eigenvalue weighted by Crippen LogP contribution is 2.21. The van der Waals surface area contributed by atoms with E-state index in [0.29, 0.717) is 0 Å². The van der Waals surface area contributed by atoms with Crippen LogP contribution in [-0.4, -0.2) is 16.3 Å². The highest BCUT2D eigenvalue weighted by atomic mass is 79.9. The molecule has 0 spiro atoms. The van der Waals surface area contributed by atoms with Gasteiger partial charge >= 0.3 is 0 Å². The number of hydrogen-bond acceptors (Lipinski definition) is 2. The van der Waals surface area contributed by atoms with Gasteiger partial charge in [-0.15, -0.1) is 0 Å². The van der Waals surface area contributed by atoms with Crippen LogP contribution in [0.5, 0.6) is 0 Å². The minimum Gasteiger partial charge on any atom is -0.311 e. The lowest BCUT2D eigenvalue weighted by atomic mass is 10.2. The Bertz CT molecular complexity index is 505. The van der Waals surface area contributed by atoms with Gasteiger partial charge < -0.3 is 5.32 Å². The molecule has 0 atom stereocenters. The van der Waals surface area contributed by atoms with Crippen molar-refractivity contribution in [1.82, 2.24) is 15.1 Å². The minimum absolute atomic E-state index is 0.812. The molecule has 0 amide bonds. The average molecular weight is 294 g/mol. The molecule has 1 N–H and O–H groups in total. The first-order valence-electron chi connectivity index (χ1n) is 5.72. The summed E-state index contributed by atoms with van der Waals surface area (Å²) in [5.41, 5.74) is 3.36. The van der Waals surface area contributed by atoms with Gasteiger partial charge in [0.2, 0.25) is 0 Å². The molecular weight excluding hydrogens is 278 g/mol. The van der Waals surface area contributed by atoms with E-state index < -0.39 is 0 Å². The second-order valence-electron chi connectivity index (χ2n) is 3.99. The molecule has 0 fully saturated rings. The van der Waals surface area contributed by atoms with E-state index >= 15 is 0 Å². The van der Waals surface area contributed by atoms with E-state index in [0.717, 1.165) is 28.9 Å². The molecule has 90 valence electrons. The molecule has 17 heavy (non-hydrogen) atoms. The first kappa shape index (κ1) is 12.3. The standard InChI is InChI=1S/C13H16BrN3/c1-3-15-9-11-6-7-17(16-11)13-5-4-10(2)8-12(13)14/h4-8,15H,3,9H2,1-2H3. The van der Waals surface area contributed by atoms with E-state index in [1.54, 1.807) is 0 Å². The van der Waals surface area contributed by atoms with Crippen LogP contribution < -0.4 is 5.32 Å². The predicted octanol–water partition coefficient (Wildman–Crippen LogP) is 3.05. The van der Waals surface area contributed by atoms with Crippen molar-refractivity contribution in [3.63, 3.8) is 0 Å². The maximum Gasteiger partial charge on any atom is 0.0787 e. The van der Waals surface area contributed by atoms with Crippen molar-refractivity contribution in [1.29, 1.82) is 0 Å². The van der Waals surface area contributed by atoms with Gasteiger partial charge in [0.25, 0.3) is 0 Å². The molecule has 1 aromatic heterocycles. The number of aromatic nitrogens is 2. The van der Waals surface area contributed by atoms with Crippen LogP contribution in [0.4, 0.5) is 0 Å². The second-order valence-corrected chi connectivity index (χ2v) is 4.84. The fourth-order valence-electron chi connectivity index (χ4n) is 1.64. The summed E-state index contributed by atoms with van der Waals surface area (Å²) in [5, 5.41) is 7.80. The second kappa shape index (κ2) is 5.47. The number of nitrogens with zero attached hydrogens (tertiary/aromatic N) is 2. The number of benzene rings is 1. The van der Waals surface area contributed by atoms with Gasteiger partial charge in [-0.2, -0.15) is 5.10 Å². The Morgan fingerprint density at radius 3 is 2.88 bits per heavy atom. The van der Waals surface area contributed by atoms with Gasteiger partial charge in [-0.1, -0.05) is 13.0 Å². The maximum absolute atomic E-state index is 4.53. The molecule has 0 aliphatic heterocycles. The zero-order valence-electron chi connectivity index (χ0n) is 10.1. The summed E-state index contributed by atoms with van der Waals surface area (Å²) in [6.45, 7) is 5.94. The molecule has 4 heteroatoms. The Hall–Kier alpha value is -1.13. The largest absolute Gasteiger partial charge is 0.311 e. The molecule has 2 aromatic rings. The lowest BCUT2D eigenvalue weighted by Gasteiger charge is -2.05. The van der Waals surface area contributed by atoms with Gasteiger partial charge in [0, 0.05) is 17.2 Å². The molecule has 1 aromatic carbocycles. The monoisotopic (exact) mass is 293 g/mol. The van der Waals surface area contributed by atoms with Crippen LogP contribution in [-0.2, 0) is 6.54 Å². The minimum atomic E-state index is 0.812. The van der Waals surface area contributed by atoms with Crippen LogP contribution in [0, 0.1) is 6.92 Å². The van der Waals surface area contributed by atoms with E-state index in [1.807, 2.05) is 16.9 Å². The van der Waals surface area contributed by atoms with Crippen molar-refractivity contribution < 1.29 is 0 Å². The normalized spacial score (nSPS) is 10.8. The zero-order valence-corrected chi connectivity index (χ0v) is 11.7. The van der Waals surface area contributed by atoms with Crippen molar-refractivity contribution in [2.24, 2.45) is 0 Å². The molecule has 1 heterocycles. The molecule has 0 saturated heterocycles. The number of aryl methyl sites for hydroxylation is 1. The Balaban J connectivity index is 2.24. The molecule has 0 aliphatic carbocycles. The number of nitrogens with one attached hydrogen (secondary N) is 1. The molecular formula is C13H16BrN3. The van der Waals surface area contributed by atoms with Gasteiger partial charge in [0.05, 0.1) is 11.4 Å². The summed E-state index contributed by atoms with van der Waals surface area (Å²) in [6.07, 6.45) is 1.99. The molecule has 0 unspecified atom stereocenters. The third kappa shape index (κ3) is 2.96.